The first-order valence-corrected chi connectivity index (χ1v) is 8.78. The lowest BCUT2D eigenvalue weighted by Crippen LogP contribution is -2.43. The van der Waals surface area contributed by atoms with Crippen molar-refractivity contribution < 1.29 is 29.0 Å². The second kappa shape index (κ2) is 10.9. The number of benzene rings is 1. The number of carbonyl (C=O) groups is 4. The van der Waals surface area contributed by atoms with Crippen molar-refractivity contribution in [2.75, 3.05) is 6.54 Å². The van der Waals surface area contributed by atoms with E-state index in [1.807, 2.05) is 24.3 Å². The minimum atomic E-state index is -1.17. The molecule has 2 aliphatic rings. The maximum Gasteiger partial charge on any atom is 0.305 e. The largest absolute Gasteiger partial charge is 0.481 e. The van der Waals surface area contributed by atoms with Gasteiger partial charge in [0.2, 0.25) is 11.8 Å². The third-order valence-electron chi connectivity index (χ3n) is 3.85. The lowest BCUT2D eigenvalue weighted by molar-refractivity contribution is -0.139. The fourth-order valence-corrected chi connectivity index (χ4v) is 2.39. The number of aldehydes is 1. The molecule has 0 aromatic heterocycles. The fourth-order valence-electron chi connectivity index (χ4n) is 2.39. The van der Waals surface area contributed by atoms with Gasteiger partial charge >= 0.3 is 5.97 Å². The van der Waals surface area contributed by atoms with Gasteiger partial charge in [-0.15, -0.1) is 0 Å². The van der Waals surface area contributed by atoms with Crippen molar-refractivity contribution >= 4 is 24.1 Å². The molecule has 1 aromatic carbocycles. The lowest BCUT2D eigenvalue weighted by atomic mass is 9.91. The standard InChI is InChI=1S/C13H22N2O5.C6H4O/c1-4-14-11(17)6-10(8(2)3)13(20)15-9(7-16)5-12(18)19;1-2-5-4-6(3-1)7-5/h7-10H,4-6H2,1-3H3,(H,14,17)(H,15,20)(H,18,19);1-4H. The highest BCUT2D eigenvalue weighted by molar-refractivity contribution is 5.88. The van der Waals surface area contributed by atoms with Crippen LogP contribution in [0.4, 0.5) is 0 Å². The molecule has 27 heavy (non-hydrogen) atoms. The number of nitrogens with one attached hydrogen (secondary N) is 2. The Labute approximate surface area is 158 Å². The van der Waals surface area contributed by atoms with E-state index in [2.05, 4.69) is 10.6 Å². The number of carbonyl (C=O) groups excluding carboxylic acids is 3. The van der Waals surface area contributed by atoms with E-state index in [0.29, 0.717) is 12.8 Å². The molecule has 3 rings (SSSR count). The molecule has 0 radical (unpaired) electrons. The Balaban J connectivity index is 0.000000420. The van der Waals surface area contributed by atoms with Crippen LogP contribution in [-0.2, 0) is 19.2 Å². The zero-order chi connectivity index (χ0) is 20.4. The zero-order valence-corrected chi connectivity index (χ0v) is 15.7. The van der Waals surface area contributed by atoms with Crippen LogP contribution in [0.1, 0.15) is 33.6 Å². The van der Waals surface area contributed by atoms with E-state index in [1.54, 1.807) is 20.8 Å². The van der Waals surface area contributed by atoms with Gasteiger partial charge in [-0.2, -0.15) is 0 Å². The van der Waals surface area contributed by atoms with E-state index in [4.69, 9.17) is 9.84 Å². The van der Waals surface area contributed by atoms with E-state index in [-0.39, 0.29) is 18.2 Å². The summed E-state index contributed by atoms with van der Waals surface area (Å²) in [6, 6.07) is 6.78. The summed E-state index contributed by atoms with van der Waals surface area (Å²) >= 11 is 0. The van der Waals surface area contributed by atoms with E-state index in [1.165, 1.54) is 0 Å². The summed E-state index contributed by atoms with van der Waals surface area (Å²) in [4.78, 5) is 44.9. The number of fused-ring (bicyclic) bond motifs is 2. The first kappa shape index (κ1) is 22.1. The van der Waals surface area contributed by atoms with Crippen molar-refractivity contribution in [3.05, 3.63) is 24.3 Å². The Morgan fingerprint density at radius 2 is 1.78 bits per heavy atom. The van der Waals surface area contributed by atoms with Crippen LogP contribution in [0.3, 0.4) is 0 Å². The van der Waals surface area contributed by atoms with Crippen molar-refractivity contribution in [3.8, 4) is 11.5 Å². The van der Waals surface area contributed by atoms with Gasteiger partial charge in [0.1, 0.15) is 17.8 Å². The zero-order valence-electron chi connectivity index (χ0n) is 15.7. The van der Waals surface area contributed by atoms with E-state index in [0.717, 1.165) is 11.5 Å². The molecule has 2 atom stereocenters. The number of hydrogen-bond acceptors (Lipinski definition) is 5. The van der Waals surface area contributed by atoms with Gasteiger partial charge in [0.05, 0.1) is 12.5 Å². The Morgan fingerprint density at radius 3 is 2.11 bits per heavy atom. The quantitative estimate of drug-likeness (QED) is 0.571. The highest BCUT2D eigenvalue weighted by Crippen LogP contribution is 2.32. The van der Waals surface area contributed by atoms with Gasteiger partial charge in [-0.1, -0.05) is 19.9 Å². The number of hydrogen-bond donors (Lipinski definition) is 3. The van der Waals surface area contributed by atoms with Gasteiger partial charge < -0.3 is 25.3 Å². The predicted octanol–water partition coefficient (Wildman–Crippen LogP) is 1.74. The molecule has 0 saturated heterocycles. The molecule has 148 valence electrons. The van der Waals surface area contributed by atoms with Crippen LogP contribution in [0.2, 0.25) is 0 Å². The number of amides is 2. The van der Waals surface area contributed by atoms with Gasteiger partial charge in [0.15, 0.2) is 0 Å². The molecule has 0 fully saturated rings. The fraction of sp³-hybridized carbons (Fsp3) is 0.474. The molecule has 2 heterocycles. The van der Waals surface area contributed by atoms with Crippen LogP contribution in [0.5, 0.6) is 11.5 Å². The van der Waals surface area contributed by atoms with Crippen molar-refractivity contribution in [2.45, 2.75) is 39.7 Å². The molecule has 2 unspecified atom stereocenters. The van der Waals surface area contributed by atoms with Crippen LogP contribution in [-0.4, -0.2) is 41.8 Å². The summed E-state index contributed by atoms with van der Waals surface area (Å²) < 4.78 is 5.01. The van der Waals surface area contributed by atoms with Crippen LogP contribution in [0.15, 0.2) is 24.3 Å². The van der Waals surface area contributed by atoms with Crippen LogP contribution >= 0.6 is 0 Å². The summed E-state index contributed by atoms with van der Waals surface area (Å²) in [5.41, 5.74) is 0. The van der Waals surface area contributed by atoms with E-state index >= 15 is 0 Å². The van der Waals surface area contributed by atoms with Gasteiger partial charge in [0.25, 0.3) is 0 Å². The molecule has 2 bridgehead atoms. The molecule has 0 aliphatic carbocycles. The number of rotatable bonds is 9. The molecular formula is C19H26N2O6. The van der Waals surface area contributed by atoms with Crippen molar-refractivity contribution in [3.63, 3.8) is 0 Å². The summed E-state index contributed by atoms with van der Waals surface area (Å²) in [5.74, 6) is -0.637. The van der Waals surface area contributed by atoms with Gasteiger partial charge in [-0.05, 0) is 25.0 Å². The van der Waals surface area contributed by atoms with E-state index < -0.39 is 30.3 Å². The predicted molar refractivity (Wildman–Crippen MR) is 98.4 cm³/mol. The average molecular weight is 378 g/mol. The average Bonchev–Trinajstić information content (AvgIpc) is 2.59. The topological polar surface area (TPSA) is 122 Å². The number of aliphatic carboxylic acids is 1. The SMILES string of the molecule is CCNC(=O)CC(C(=O)NC(C=O)CC(=O)O)C(C)C.c1cc2cc(c1)O2. The first-order chi connectivity index (χ1) is 12.8. The van der Waals surface area contributed by atoms with Crippen molar-refractivity contribution in [1.82, 2.24) is 10.6 Å². The maximum absolute atomic E-state index is 12.0. The van der Waals surface area contributed by atoms with Gasteiger partial charge in [0, 0.05) is 24.9 Å². The van der Waals surface area contributed by atoms with Crippen molar-refractivity contribution in [2.24, 2.45) is 11.8 Å². The van der Waals surface area contributed by atoms with E-state index in [9.17, 15) is 19.2 Å². The number of ether oxygens (including phenoxy) is 1. The summed E-state index contributed by atoms with van der Waals surface area (Å²) in [5, 5.41) is 13.6. The Bertz CT molecular complexity index is 649. The van der Waals surface area contributed by atoms with Crippen LogP contribution in [0.25, 0.3) is 0 Å². The highest BCUT2D eigenvalue weighted by Gasteiger charge is 2.27. The Kier molecular flexibility index (Phi) is 8.98. The second-order valence-electron chi connectivity index (χ2n) is 6.43. The molecular weight excluding hydrogens is 352 g/mol. The molecule has 1 aromatic rings. The molecule has 0 saturated carbocycles. The third kappa shape index (κ3) is 7.89. The number of carboxylic acids is 1. The molecule has 8 nitrogen and oxygen atoms in total. The molecule has 8 heteroatoms. The van der Waals surface area contributed by atoms with Crippen LogP contribution < -0.4 is 15.4 Å². The monoisotopic (exact) mass is 378 g/mol. The smallest absolute Gasteiger partial charge is 0.305 e. The van der Waals surface area contributed by atoms with Gasteiger partial charge in [-0.25, -0.2) is 0 Å². The molecule has 3 N–H and O–H groups in total. The summed E-state index contributed by atoms with van der Waals surface area (Å²) in [6.07, 6.45) is -0.0767. The number of carboxylic acid groups (broad SMARTS) is 1. The minimum Gasteiger partial charge on any atom is -0.481 e. The normalized spacial score (nSPS) is 13.0. The van der Waals surface area contributed by atoms with Gasteiger partial charge in [-0.3, -0.25) is 14.4 Å². The minimum absolute atomic E-state index is 0.00991. The Hall–Kier alpha value is -2.90. The Morgan fingerprint density at radius 1 is 1.19 bits per heavy atom. The van der Waals surface area contributed by atoms with Crippen molar-refractivity contribution in [1.29, 1.82) is 0 Å². The maximum atomic E-state index is 12.0. The third-order valence-corrected chi connectivity index (χ3v) is 3.85. The molecule has 2 amide bonds. The summed E-state index contributed by atoms with van der Waals surface area (Å²) in [7, 11) is 0. The first-order valence-electron chi connectivity index (χ1n) is 8.78. The lowest BCUT2D eigenvalue weighted by Gasteiger charge is -2.21. The second-order valence-corrected chi connectivity index (χ2v) is 6.43. The molecule has 0 spiro atoms. The summed E-state index contributed by atoms with van der Waals surface area (Å²) in [6.45, 7) is 5.83. The van der Waals surface area contributed by atoms with Crippen LogP contribution in [0, 0.1) is 11.8 Å². The highest BCUT2D eigenvalue weighted by atomic mass is 16.5. The molecule has 2 aliphatic heterocycles.